The maximum absolute atomic E-state index is 14.1. The number of hydrogen-bond acceptors (Lipinski definition) is 7. The van der Waals surface area contributed by atoms with Gasteiger partial charge in [0.05, 0.1) is 38.9 Å². The molecular formula is C29H28N2O7. The lowest BCUT2D eigenvalue weighted by atomic mass is 9.76. The number of carboxylic acids is 1. The lowest BCUT2D eigenvalue weighted by Crippen LogP contribution is -2.57. The Morgan fingerprint density at radius 3 is 2.18 bits per heavy atom. The van der Waals surface area contributed by atoms with Gasteiger partial charge in [-0.15, -0.1) is 0 Å². The highest BCUT2D eigenvalue weighted by Gasteiger charge is 2.68. The summed E-state index contributed by atoms with van der Waals surface area (Å²) in [6.45, 7) is 0. The third-order valence-corrected chi connectivity index (χ3v) is 7.45. The summed E-state index contributed by atoms with van der Waals surface area (Å²) in [6, 6.07) is 20.2. The molecule has 2 aliphatic rings. The molecule has 2 N–H and O–H groups in total. The van der Waals surface area contributed by atoms with E-state index in [1.165, 1.54) is 21.3 Å². The van der Waals surface area contributed by atoms with Crippen LogP contribution in [-0.4, -0.2) is 49.8 Å². The van der Waals surface area contributed by atoms with Gasteiger partial charge in [0.1, 0.15) is 11.3 Å². The summed E-state index contributed by atoms with van der Waals surface area (Å²) in [4.78, 5) is 42.3. The van der Waals surface area contributed by atoms with Gasteiger partial charge in [-0.1, -0.05) is 48.5 Å². The van der Waals surface area contributed by atoms with Gasteiger partial charge in [-0.25, -0.2) is 4.90 Å². The van der Waals surface area contributed by atoms with Crippen molar-refractivity contribution in [1.82, 2.24) is 5.32 Å². The van der Waals surface area contributed by atoms with Crippen LogP contribution in [0, 0.1) is 11.8 Å². The Labute approximate surface area is 219 Å². The van der Waals surface area contributed by atoms with E-state index in [1.54, 1.807) is 42.5 Å². The highest BCUT2D eigenvalue weighted by molar-refractivity contribution is 6.24. The van der Waals surface area contributed by atoms with Crippen molar-refractivity contribution in [3.05, 3.63) is 83.9 Å². The molecule has 0 aliphatic carbocycles. The van der Waals surface area contributed by atoms with Crippen molar-refractivity contribution in [2.75, 3.05) is 26.2 Å². The number of anilines is 1. The molecular weight excluding hydrogens is 488 g/mol. The number of nitrogens with zero attached hydrogens (tertiary/aromatic N) is 1. The van der Waals surface area contributed by atoms with Crippen LogP contribution in [0.15, 0.2) is 72.8 Å². The minimum absolute atomic E-state index is 0.00686. The summed E-state index contributed by atoms with van der Waals surface area (Å²) in [7, 11) is 4.47. The normalized spacial score (nSPS) is 24.3. The average molecular weight is 517 g/mol. The van der Waals surface area contributed by atoms with Gasteiger partial charge in [0, 0.05) is 12.5 Å². The van der Waals surface area contributed by atoms with Crippen LogP contribution >= 0.6 is 0 Å². The van der Waals surface area contributed by atoms with E-state index in [1.807, 2.05) is 30.3 Å². The van der Waals surface area contributed by atoms with Crippen molar-refractivity contribution in [1.29, 1.82) is 0 Å². The number of ether oxygens (including phenoxy) is 3. The second-order valence-corrected chi connectivity index (χ2v) is 9.36. The van der Waals surface area contributed by atoms with Gasteiger partial charge in [0.15, 0.2) is 11.5 Å². The molecule has 196 valence electrons. The average Bonchev–Trinajstić information content (AvgIpc) is 3.42. The first-order valence-corrected chi connectivity index (χ1v) is 12.1. The van der Waals surface area contributed by atoms with Crippen LogP contribution in [0.2, 0.25) is 0 Å². The van der Waals surface area contributed by atoms with Gasteiger partial charge in [0.25, 0.3) is 0 Å². The number of carboxylic acid groups (broad SMARTS) is 1. The second-order valence-electron chi connectivity index (χ2n) is 9.36. The highest BCUT2D eigenvalue weighted by Crippen LogP contribution is 2.52. The number of hydrogen-bond donors (Lipinski definition) is 2. The Morgan fingerprint density at radius 2 is 1.53 bits per heavy atom. The van der Waals surface area contributed by atoms with Gasteiger partial charge in [-0.2, -0.15) is 0 Å². The Morgan fingerprint density at radius 1 is 0.868 bits per heavy atom. The largest absolute Gasteiger partial charge is 0.495 e. The lowest BCUT2D eigenvalue weighted by molar-refractivity contribution is -0.148. The molecule has 0 spiro atoms. The molecule has 2 saturated heterocycles. The first-order chi connectivity index (χ1) is 18.4. The Bertz CT molecular complexity index is 1390. The van der Waals surface area contributed by atoms with Crippen molar-refractivity contribution in [3.63, 3.8) is 0 Å². The van der Waals surface area contributed by atoms with Crippen LogP contribution < -0.4 is 24.4 Å². The molecule has 2 aliphatic heterocycles. The second kappa shape index (κ2) is 9.83. The molecule has 3 aromatic rings. The zero-order valence-electron chi connectivity index (χ0n) is 21.2. The number of rotatable bonds is 8. The molecule has 4 atom stereocenters. The Hall–Kier alpha value is -4.37. The standard InChI is InChI=1S/C29H28N2O7/c1-36-20-12-8-7-11-19(20)31-26(32)23-24(27(31)33)29(28(34)35,16-17-9-5-4-6-10-17)30-25(23)18-13-14-21(37-2)22(15-18)38-3/h4-15,23-25,30H,16H2,1-3H3,(H,34,35)/t23-,24-,25+,29+/m1/s1. The smallest absolute Gasteiger partial charge is 0.325 e. The van der Waals surface area contributed by atoms with E-state index in [0.717, 1.165) is 10.5 Å². The minimum atomic E-state index is -1.74. The predicted molar refractivity (Wildman–Crippen MR) is 138 cm³/mol. The third-order valence-electron chi connectivity index (χ3n) is 7.45. The highest BCUT2D eigenvalue weighted by atomic mass is 16.5. The number of para-hydroxylation sites is 2. The first kappa shape index (κ1) is 25.3. The molecule has 0 bridgehead atoms. The van der Waals surface area contributed by atoms with Crippen molar-refractivity contribution in [2.24, 2.45) is 11.8 Å². The minimum Gasteiger partial charge on any atom is -0.495 e. The van der Waals surface area contributed by atoms with Gasteiger partial charge < -0.3 is 19.3 Å². The van der Waals surface area contributed by atoms with Crippen molar-refractivity contribution < 1.29 is 33.7 Å². The number of methoxy groups -OCH3 is 3. The van der Waals surface area contributed by atoms with Crippen LogP contribution in [0.5, 0.6) is 17.2 Å². The summed E-state index contributed by atoms with van der Waals surface area (Å²) in [5.74, 6) is -3.18. The van der Waals surface area contributed by atoms with Crippen LogP contribution in [0.3, 0.4) is 0 Å². The number of benzene rings is 3. The summed E-state index contributed by atoms with van der Waals surface area (Å²) >= 11 is 0. The number of aliphatic carboxylic acids is 1. The zero-order chi connectivity index (χ0) is 27.0. The topological polar surface area (TPSA) is 114 Å². The van der Waals surface area contributed by atoms with Crippen LogP contribution in [0.1, 0.15) is 17.2 Å². The fraction of sp³-hybridized carbons (Fsp3) is 0.276. The van der Waals surface area contributed by atoms with E-state index in [0.29, 0.717) is 22.8 Å². The zero-order valence-corrected chi connectivity index (χ0v) is 21.2. The number of amides is 2. The van der Waals surface area contributed by atoms with Crippen molar-refractivity contribution in [2.45, 2.75) is 18.0 Å². The van der Waals surface area contributed by atoms with Gasteiger partial charge in [-0.05, 0) is 35.4 Å². The molecule has 0 radical (unpaired) electrons. The van der Waals surface area contributed by atoms with E-state index in [-0.39, 0.29) is 12.1 Å². The van der Waals surface area contributed by atoms with Gasteiger partial charge >= 0.3 is 5.97 Å². The van der Waals surface area contributed by atoms with E-state index in [4.69, 9.17) is 14.2 Å². The van der Waals surface area contributed by atoms with Crippen molar-refractivity contribution in [3.8, 4) is 17.2 Å². The fourth-order valence-corrected chi connectivity index (χ4v) is 5.74. The summed E-state index contributed by atoms with van der Waals surface area (Å²) < 4.78 is 16.2. The molecule has 0 aromatic heterocycles. The first-order valence-electron chi connectivity index (χ1n) is 12.1. The summed E-state index contributed by atoms with van der Waals surface area (Å²) in [5, 5.41) is 13.9. The van der Waals surface area contributed by atoms with Crippen LogP contribution in [-0.2, 0) is 20.8 Å². The number of fused-ring (bicyclic) bond motifs is 1. The summed E-state index contributed by atoms with van der Waals surface area (Å²) in [5.41, 5.74) is -0.126. The molecule has 2 fully saturated rings. The van der Waals surface area contributed by atoms with E-state index in [2.05, 4.69) is 5.32 Å². The molecule has 2 amide bonds. The van der Waals surface area contributed by atoms with Gasteiger partial charge in [0.2, 0.25) is 11.8 Å². The summed E-state index contributed by atoms with van der Waals surface area (Å²) in [6.07, 6.45) is 0.00686. The number of imide groups is 1. The van der Waals surface area contributed by atoms with Crippen LogP contribution in [0.25, 0.3) is 0 Å². The Kier molecular flexibility index (Phi) is 6.54. The molecule has 9 nitrogen and oxygen atoms in total. The molecule has 2 heterocycles. The SMILES string of the molecule is COc1ccc([C@@H]2N[C@](Cc3ccccc3)(C(=O)O)[C@H]3C(=O)N(c4ccccc4OC)C(=O)[C@@H]23)cc1OC. The van der Waals surface area contributed by atoms with Gasteiger partial charge in [-0.3, -0.25) is 19.7 Å². The molecule has 5 rings (SSSR count). The molecule has 0 unspecified atom stereocenters. The molecule has 38 heavy (non-hydrogen) atoms. The third kappa shape index (κ3) is 3.86. The van der Waals surface area contributed by atoms with Crippen LogP contribution in [0.4, 0.5) is 5.69 Å². The van der Waals surface area contributed by atoms with E-state index >= 15 is 0 Å². The van der Waals surface area contributed by atoms with E-state index < -0.39 is 41.2 Å². The maximum atomic E-state index is 14.1. The maximum Gasteiger partial charge on any atom is 0.325 e. The van der Waals surface area contributed by atoms with Crippen molar-refractivity contribution >= 4 is 23.5 Å². The molecule has 0 saturated carbocycles. The monoisotopic (exact) mass is 516 g/mol. The predicted octanol–water partition coefficient (Wildman–Crippen LogP) is 3.23. The lowest BCUT2D eigenvalue weighted by Gasteiger charge is -2.31. The quantitative estimate of drug-likeness (QED) is 0.439. The number of carbonyl (C=O) groups excluding carboxylic acids is 2. The Balaban J connectivity index is 1.68. The van der Waals surface area contributed by atoms with E-state index in [9.17, 15) is 19.5 Å². The molecule has 3 aromatic carbocycles. The fourth-order valence-electron chi connectivity index (χ4n) is 5.74. The number of nitrogens with one attached hydrogen (secondary N) is 1. The molecule has 9 heteroatoms. The number of carbonyl (C=O) groups is 3.